The number of hydrogen-bond acceptors (Lipinski definition) is 4. The van der Waals surface area contributed by atoms with Crippen LogP contribution in [-0.2, 0) is 4.79 Å². The lowest BCUT2D eigenvalue weighted by Crippen LogP contribution is -2.44. The molecule has 0 saturated carbocycles. The molecule has 5 nitrogen and oxygen atoms in total. The predicted molar refractivity (Wildman–Crippen MR) is 40.7 cm³/mol. The first-order chi connectivity index (χ1) is 5.13. The molecule has 1 unspecified atom stereocenters. The molecule has 0 radical (unpaired) electrons. The van der Waals surface area contributed by atoms with E-state index < -0.39 is 16.7 Å². The van der Waals surface area contributed by atoms with Gasteiger partial charge in [0.25, 0.3) is 0 Å². The van der Waals surface area contributed by atoms with Crippen LogP contribution in [0.4, 0.5) is 0 Å². The average molecular weight is 172 g/mol. The second-order valence-corrected chi connectivity index (χ2v) is 2.37. The molecule has 0 bridgehead atoms. The molecule has 6 heteroatoms. The quantitative estimate of drug-likeness (QED) is 0.332. The van der Waals surface area contributed by atoms with Crippen LogP contribution >= 0.6 is 12.2 Å². The van der Waals surface area contributed by atoms with Crippen LogP contribution in [-0.4, -0.2) is 21.7 Å². The number of thiocarbonyl (C=S) groups is 1. The maximum Gasteiger partial charge on any atom is 0.323 e. The van der Waals surface area contributed by atoms with Gasteiger partial charge < -0.3 is 5.32 Å². The lowest BCUT2D eigenvalue weighted by atomic mass is 10.1. The molecular weight excluding hydrogens is 168 g/mol. The highest BCUT2D eigenvalue weighted by Crippen LogP contribution is 2.00. The molecule has 1 atom stereocenters. The number of rotatable bonds is 1. The van der Waals surface area contributed by atoms with Crippen molar-refractivity contribution in [1.29, 1.82) is 0 Å². The molecule has 0 aromatic carbocycles. The molecule has 0 aromatic heterocycles. The average Bonchev–Trinajstić information content (AvgIpc) is 1.85. The fourth-order valence-electron chi connectivity index (χ4n) is 0.705. The van der Waals surface area contributed by atoms with Crippen LogP contribution < -0.4 is 5.32 Å². The maximum absolute atomic E-state index is 10.8. The molecule has 58 valence electrons. The highest BCUT2D eigenvalue weighted by Gasteiger charge is 2.34. The molecule has 1 aliphatic heterocycles. The minimum absolute atomic E-state index is 0.0532. The highest BCUT2D eigenvalue weighted by atomic mass is 32.1. The van der Waals surface area contributed by atoms with Crippen molar-refractivity contribution in [3.8, 4) is 0 Å². The first-order valence-electron chi connectivity index (χ1n) is 2.77. The largest absolute Gasteiger partial charge is 0.350 e. The van der Waals surface area contributed by atoms with E-state index in [4.69, 9.17) is 0 Å². The lowest BCUT2D eigenvalue weighted by molar-refractivity contribution is -0.488. The van der Waals surface area contributed by atoms with Crippen molar-refractivity contribution in [2.75, 3.05) is 0 Å². The van der Waals surface area contributed by atoms with Gasteiger partial charge in [0.2, 0.25) is 5.78 Å². The Bertz CT molecular complexity index is 260. The summed E-state index contributed by atoms with van der Waals surface area (Å²) in [5.41, 5.74) is 0. The molecule has 0 amide bonds. The SMILES string of the molecule is O=C1C=CNC(=S)C1[N+](=O)[O-]. The molecule has 11 heavy (non-hydrogen) atoms. The number of carbonyl (C=O) groups excluding carboxylic acids is 1. The molecule has 1 aliphatic rings. The van der Waals surface area contributed by atoms with Gasteiger partial charge in [0.05, 0.1) is 0 Å². The summed E-state index contributed by atoms with van der Waals surface area (Å²) in [6, 6.07) is -1.39. The molecule has 0 aliphatic carbocycles. The zero-order valence-corrected chi connectivity index (χ0v) is 6.13. The summed E-state index contributed by atoms with van der Waals surface area (Å²) in [6.45, 7) is 0. The Morgan fingerprint density at radius 3 is 2.73 bits per heavy atom. The fraction of sp³-hybridized carbons (Fsp3) is 0.200. The van der Waals surface area contributed by atoms with Crippen LogP contribution in [0.3, 0.4) is 0 Å². The summed E-state index contributed by atoms with van der Waals surface area (Å²) in [5, 5.41) is 12.6. The highest BCUT2D eigenvalue weighted by molar-refractivity contribution is 7.80. The molecule has 1 heterocycles. The zero-order valence-electron chi connectivity index (χ0n) is 5.31. The molecule has 1 rings (SSSR count). The Morgan fingerprint density at radius 2 is 2.36 bits per heavy atom. The first-order valence-corrected chi connectivity index (χ1v) is 3.18. The Hall–Kier alpha value is -1.30. The maximum atomic E-state index is 10.8. The molecule has 0 aromatic rings. The number of ketones is 1. The van der Waals surface area contributed by atoms with Gasteiger partial charge in [0.15, 0.2) is 4.99 Å². The van der Waals surface area contributed by atoms with Crippen LogP contribution in [0.1, 0.15) is 0 Å². The van der Waals surface area contributed by atoms with Crippen LogP contribution in [0.5, 0.6) is 0 Å². The van der Waals surface area contributed by atoms with Crippen molar-refractivity contribution < 1.29 is 9.72 Å². The van der Waals surface area contributed by atoms with E-state index in [0.717, 1.165) is 6.08 Å². The van der Waals surface area contributed by atoms with Gasteiger partial charge >= 0.3 is 6.04 Å². The summed E-state index contributed by atoms with van der Waals surface area (Å²) in [7, 11) is 0. The molecule has 0 saturated heterocycles. The van der Waals surface area contributed by atoms with E-state index in [2.05, 4.69) is 17.5 Å². The van der Waals surface area contributed by atoms with Gasteiger partial charge in [0.1, 0.15) is 0 Å². The summed E-state index contributed by atoms with van der Waals surface area (Å²) in [5.74, 6) is -0.584. The van der Waals surface area contributed by atoms with Gasteiger partial charge in [0, 0.05) is 17.2 Å². The molecule has 0 fully saturated rings. The van der Waals surface area contributed by atoms with Gasteiger partial charge in [-0.15, -0.1) is 0 Å². The Balaban J connectivity index is 2.92. The fourth-order valence-corrected chi connectivity index (χ4v) is 0.975. The smallest absolute Gasteiger partial charge is 0.323 e. The van der Waals surface area contributed by atoms with Crippen molar-refractivity contribution in [3.63, 3.8) is 0 Å². The van der Waals surface area contributed by atoms with E-state index in [0.29, 0.717) is 0 Å². The van der Waals surface area contributed by atoms with E-state index in [1.54, 1.807) is 0 Å². The Kier molecular flexibility index (Phi) is 1.95. The van der Waals surface area contributed by atoms with E-state index in [1.807, 2.05) is 0 Å². The van der Waals surface area contributed by atoms with Crippen LogP contribution in [0.15, 0.2) is 12.3 Å². The van der Waals surface area contributed by atoms with Crippen molar-refractivity contribution in [1.82, 2.24) is 5.32 Å². The predicted octanol–water partition coefficient (Wildman–Crippen LogP) is -0.355. The number of carbonyl (C=O) groups is 1. The van der Waals surface area contributed by atoms with Gasteiger partial charge in [-0.05, 0) is 0 Å². The number of nitro groups is 1. The van der Waals surface area contributed by atoms with E-state index in [-0.39, 0.29) is 4.99 Å². The summed E-state index contributed by atoms with van der Waals surface area (Å²) < 4.78 is 0. The van der Waals surface area contributed by atoms with Crippen LogP contribution in [0.2, 0.25) is 0 Å². The van der Waals surface area contributed by atoms with Crippen molar-refractivity contribution in [2.24, 2.45) is 0 Å². The van der Waals surface area contributed by atoms with Gasteiger partial charge in [-0.25, -0.2) is 0 Å². The van der Waals surface area contributed by atoms with Crippen molar-refractivity contribution >= 4 is 23.0 Å². The first kappa shape index (κ1) is 7.80. The molecule has 0 spiro atoms. The van der Waals surface area contributed by atoms with Crippen molar-refractivity contribution in [2.45, 2.75) is 6.04 Å². The summed E-state index contributed by atoms with van der Waals surface area (Å²) in [4.78, 5) is 20.2. The van der Waals surface area contributed by atoms with E-state index in [9.17, 15) is 14.9 Å². The zero-order chi connectivity index (χ0) is 8.43. The Labute approximate surface area is 67.2 Å². The van der Waals surface area contributed by atoms with Crippen LogP contribution in [0, 0.1) is 10.1 Å². The van der Waals surface area contributed by atoms with Crippen LogP contribution in [0.25, 0.3) is 0 Å². The number of nitrogens with one attached hydrogen (secondary N) is 1. The molecular formula is C5H4N2O3S. The second-order valence-electron chi connectivity index (χ2n) is 1.93. The van der Waals surface area contributed by atoms with Crippen molar-refractivity contribution in [3.05, 3.63) is 22.4 Å². The Morgan fingerprint density at radius 1 is 1.73 bits per heavy atom. The third kappa shape index (κ3) is 1.40. The third-order valence-corrected chi connectivity index (χ3v) is 1.54. The second kappa shape index (κ2) is 2.75. The van der Waals surface area contributed by atoms with Gasteiger partial charge in [-0.3, -0.25) is 14.9 Å². The minimum Gasteiger partial charge on any atom is -0.350 e. The number of hydrogen-bond donors (Lipinski definition) is 1. The minimum atomic E-state index is -1.39. The van der Waals surface area contributed by atoms with Gasteiger partial charge in [-0.2, -0.15) is 0 Å². The summed E-state index contributed by atoms with van der Waals surface area (Å²) >= 11 is 4.56. The number of nitrogens with zero attached hydrogens (tertiary/aromatic N) is 1. The van der Waals surface area contributed by atoms with E-state index >= 15 is 0 Å². The standard InChI is InChI=1S/C5H4N2O3S/c8-3-1-2-6-5(11)4(3)7(9)10/h1-2,4H,(H,6,11). The topological polar surface area (TPSA) is 72.2 Å². The van der Waals surface area contributed by atoms with Gasteiger partial charge in [-0.1, -0.05) is 12.2 Å². The summed E-state index contributed by atoms with van der Waals surface area (Å²) in [6.07, 6.45) is 2.40. The molecule has 1 N–H and O–H groups in total. The monoisotopic (exact) mass is 172 g/mol. The van der Waals surface area contributed by atoms with E-state index in [1.165, 1.54) is 6.20 Å². The lowest BCUT2D eigenvalue weighted by Gasteiger charge is -2.10. The third-order valence-electron chi connectivity index (χ3n) is 1.20. The normalized spacial score (nSPS) is 23.1.